The van der Waals surface area contributed by atoms with E-state index in [0.717, 1.165) is 29.7 Å². The first kappa shape index (κ1) is 14.5. The van der Waals surface area contributed by atoms with Gasteiger partial charge in [0.15, 0.2) is 5.78 Å². The Bertz CT molecular complexity index is 719. The molecule has 0 spiro atoms. The first-order valence-electron chi connectivity index (χ1n) is 7.53. The van der Waals surface area contributed by atoms with Crippen LogP contribution in [-0.4, -0.2) is 21.7 Å². The molecule has 2 aromatic heterocycles. The first-order chi connectivity index (χ1) is 10.6. The van der Waals surface area contributed by atoms with Gasteiger partial charge in [0.05, 0.1) is 6.04 Å². The molecular formula is C17H19N3O2. The predicted octanol–water partition coefficient (Wildman–Crippen LogP) is 2.73. The van der Waals surface area contributed by atoms with Crippen molar-refractivity contribution in [1.29, 1.82) is 0 Å². The Morgan fingerprint density at radius 1 is 1.41 bits per heavy atom. The molecule has 1 atom stereocenters. The highest BCUT2D eigenvalue weighted by atomic mass is 16.2. The molecule has 5 nitrogen and oxygen atoms in total. The summed E-state index contributed by atoms with van der Waals surface area (Å²) in [7, 11) is 0. The van der Waals surface area contributed by atoms with Gasteiger partial charge in [0.1, 0.15) is 5.69 Å². The van der Waals surface area contributed by atoms with E-state index in [0.29, 0.717) is 17.7 Å². The molecule has 5 heteroatoms. The normalized spacial score (nSPS) is 15.3. The van der Waals surface area contributed by atoms with Crippen LogP contribution in [0.4, 0.5) is 0 Å². The minimum Gasteiger partial charge on any atom is -0.354 e. The summed E-state index contributed by atoms with van der Waals surface area (Å²) in [6.07, 6.45) is 5.68. The van der Waals surface area contributed by atoms with Crippen molar-refractivity contribution in [3.63, 3.8) is 0 Å². The molecule has 2 N–H and O–H groups in total. The number of aromatic amines is 1. The van der Waals surface area contributed by atoms with Gasteiger partial charge in [-0.25, -0.2) is 0 Å². The monoisotopic (exact) mass is 297 g/mol. The van der Waals surface area contributed by atoms with Crippen LogP contribution < -0.4 is 5.32 Å². The van der Waals surface area contributed by atoms with E-state index in [1.807, 2.05) is 26.0 Å². The quantitative estimate of drug-likeness (QED) is 0.914. The Kier molecular flexibility index (Phi) is 3.79. The molecule has 0 aromatic carbocycles. The maximum absolute atomic E-state index is 12.5. The van der Waals surface area contributed by atoms with Crippen LogP contribution in [0.25, 0.3) is 0 Å². The molecule has 2 heterocycles. The summed E-state index contributed by atoms with van der Waals surface area (Å²) in [4.78, 5) is 31.7. The zero-order valence-electron chi connectivity index (χ0n) is 12.8. The number of aromatic nitrogens is 2. The first-order valence-corrected chi connectivity index (χ1v) is 7.53. The van der Waals surface area contributed by atoms with Gasteiger partial charge in [0.25, 0.3) is 5.91 Å². The molecule has 114 valence electrons. The van der Waals surface area contributed by atoms with Crippen molar-refractivity contribution in [3.05, 3.63) is 52.6 Å². The minimum absolute atomic E-state index is 0.134. The van der Waals surface area contributed by atoms with Crippen LogP contribution in [0.3, 0.4) is 0 Å². The van der Waals surface area contributed by atoms with Gasteiger partial charge >= 0.3 is 0 Å². The zero-order chi connectivity index (χ0) is 15.7. The van der Waals surface area contributed by atoms with E-state index < -0.39 is 0 Å². The second-order valence-corrected chi connectivity index (χ2v) is 5.74. The second kappa shape index (κ2) is 5.75. The zero-order valence-corrected chi connectivity index (χ0v) is 12.8. The number of amides is 1. The maximum Gasteiger partial charge on any atom is 0.268 e. The highest BCUT2D eigenvalue weighted by Gasteiger charge is 2.26. The molecule has 1 aliphatic rings. The summed E-state index contributed by atoms with van der Waals surface area (Å²) in [5.74, 6) is -0.0505. The third kappa shape index (κ3) is 2.54. The number of carbonyl (C=O) groups is 2. The van der Waals surface area contributed by atoms with Crippen molar-refractivity contribution in [2.24, 2.45) is 0 Å². The molecule has 0 saturated heterocycles. The van der Waals surface area contributed by atoms with Crippen molar-refractivity contribution in [1.82, 2.24) is 15.3 Å². The summed E-state index contributed by atoms with van der Waals surface area (Å²) >= 11 is 0. The number of fused-ring (bicyclic) bond motifs is 1. The number of Topliss-reactive ketones (excluding diaryl/α,β-unsaturated/α-hetero) is 1. The summed E-state index contributed by atoms with van der Waals surface area (Å²) in [5, 5.41) is 2.96. The van der Waals surface area contributed by atoms with E-state index in [1.54, 1.807) is 12.4 Å². The number of hydrogen-bond donors (Lipinski definition) is 2. The maximum atomic E-state index is 12.5. The van der Waals surface area contributed by atoms with Gasteiger partial charge < -0.3 is 10.3 Å². The number of nitrogens with one attached hydrogen (secondary N) is 2. The molecular weight excluding hydrogens is 278 g/mol. The number of carbonyl (C=O) groups excluding carboxylic acids is 2. The number of H-pyrrole nitrogens is 1. The summed E-state index contributed by atoms with van der Waals surface area (Å²) in [6.45, 7) is 3.75. The van der Waals surface area contributed by atoms with Crippen LogP contribution in [0.15, 0.2) is 24.5 Å². The second-order valence-electron chi connectivity index (χ2n) is 5.74. The lowest BCUT2D eigenvalue weighted by atomic mass is 9.94. The lowest BCUT2D eigenvalue weighted by molar-refractivity contribution is 0.0934. The van der Waals surface area contributed by atoms with Crippen LogP contribution in [0.1, 0.15) is 63.5 Å². The van der Waals surface area contributed by atoms with E-state index in [1.165, 1.54) is 0 Å². The van der Waals surface area contributed by atoms with Gasteiger partial charge in [-0.1, -0.05) is 6.07 Å². The van der Waals surface area contributed by atoms with Crippen molar-refractivity contribution in [2.75, 3.05) is 0 Å². The van der Waals surface area contributed by atoms with E-state index >= 15 is 0 Å². The van der Waals surface area contributed by atoms with Crippen molar-refractivity contribution >= 4 is 11.7 Å². The fourth-order valence-electron chi connectivity index (χ4n) is 2.99. The average Bonchev–Trinajstić information content (AvgIpc) is 2.86. The average molecular weight is 297 g/mol. The number of hydrogen-bond acceptors (Lipinski definition) is 3. The van der Waals surface area contributed by atoms with Gasteiger partial charge in [0.2, 0.25) is 0 Å². The summed E-state index contributed by atoms with van der Waals surface area (Å²) < 4.78 is 0. The Morgan fingerprint density at radius 3 is 2.91 bits per heavy atom. The van der Waals surface area contributed by atoms with Crippen molar-refractivity contribution in [2.45, 2.75) is 39.2 Å². The van der Waals surface area contributed by atoms with Crippen LogP contribution in [0.2, 0.25) is 0 Å². The number of nitrogens with zero attached hydrogens (tertiary/aromatic N) is 1. The molecule has 0 aliphatic heterocycles. The molecule has 1 aliphatic carbocycles. The molecule has 0 radical (unpaired) electrons. The van der Waals surface area contributed by atoms with Gasteiger partial charge in [-0.2, -0.15) is 0 Å². The molecule has 1 amide bonds. The fraction of sp³-hybridized carbons (Fsp3) is 0.353. The Balaban J connectivity index is 1.83. The highest BCUT2D eigenvalue weighted by molar-refractivity contribution is 6.04. The summed E-state index contributed by atoms with van der Waals surface area (Å²) in [5.41, 5.74) is 3.81. The van der Waals surface area contributed by atoms with Crippen LogP contribution in [-0.2, 0) is 6.42 Å². The third-order valence-electron chi connectivity index (χ3n) is 4.20. The molecule has 0 unspecified atom stereocenters. The van der Waals surface area contributed by atoms with E-state index in [9.17, 15) is 9.59 Å². The lowest BCUT2D eigenvalue weighted by Gasteiger charge is -2.13. The molecule has 0 saturated carbocycles. The van der Waals surface area contributed by atoms with Gasteiger partial charge in [0, 0.05) is 30.1 Å². The number of aryl methyl sites for hydroxylation is 1. The van der Waals surface area contributed by atoms with Gasteiger partial charge in [-0.05, 0) is 43.9 Å². The van der Waals surface area contributed by atoms with Crippen molar-refractivity contribution < 1.29 is 9.59 Å². The fourth-order valence-corrected chi connectivity index (χ4v) is 2.99. The molecule has 0 bridgehead atoms. The highest BCUT2D eigenvalue weighted by Crippen LogP contribution is 2.26. The topological polar surface area (TPSA) is 74.8 Å². The minimum atomic E-state index is -0.184. The van der Waals surface area contributed by atoms with Gasteiger partial charge in [-0.3, -0.25) is 14.6 Å². The molecule has 3 rings (SSSR count). The third-order valence-corrected chi connectivity index (χ3v) is 4.20. The van der Waals surface area contributed by atoms with Crippen LogP contribution in [0.5, 0.6) is 0 Å². The Labute approximate surface area is 129 Å². The molecule has 22 heavy (non-hydrogen) atoms. The van der Waals surface area contributed by atoms with Crippen LogP contribution in [0, 0.1) is 6.92 Å². The van der Waals surface area contributed by atoms with E-state index in [-0.39, 0.29) is 17.7 Å². The lowest BCUT2D eigenvalue weighted by Crippen LogP contribution is -2.27. The predicted molar refractivity (Wildman–Crippen MR) is 82.9 cm³/mol. The van der Waals surface area contributed by atoms with E-state index in [4.69, 9.17) is 0 Å². The smallest absolute Gasteiger partial charge is 0.268 e. The largest absolute Gasteiger partial charge is 0.354 e. The van der Waals surface area contributed by atoms with Crippen molar-refractivity contribution in [3.8, 4) is 0 Å². The number of pyridine rings is 1. The summed E-state index contributed by atoms with van der Waals surface area (Å²) in [6, 6.07) is 3.63. The van der Waals surface area contributed by atoms with E-state index in [2.05, 4.69) is 15.3 Å². The number of ketones is 1. The van der Waals surface area contributed by atoms with Crippen LogP contribution >= 0.6 is 0 Å². The molecule has 0 fully saturated rings. The standard InChI is InChI=1S/C17H19N3O2/c1-10-15-13(6-3-7-14(15)21)20-16(10)17(22)19-11(2)12-5-4-8-18-9-12/h4-5,8-9,11,20H,3,6-7H2,1-2H3,(H,19,22)/t11-/m0/s1. The Hall–Kier alpha value is -2.43. The molecule has 2 aromatic rings. The van der Waals surface area contributed by atoms with Gasteiger partial charge in [-0.15, -0.1) is 0 Å². The number of rotatable bonds is 3. The Morgan fingerprint density at radius 2 is 2.23 bits per heavy atom. The SMILES string of the molecule is Cc1c(C(=O)N[C@@H](C)c2cccnc2)[nH]c2c1C(=O)CCC2.